The van der Waals surface area contributed by atoms with Crippen LogP contribution in [0.1, 0.15) is 265 Å². The lowest BCUT2D eigenvalue weighted by atomic mass is 10.0. The van der Waals surface area contributed by atoms with Crippen LogP contribution in [-0.2, 0) is 27.9 Å². The molecular formula is C65H117N2O7P. The van der Waals surface area contributed by atoms with E-state index < -0.39 is 26.6 Å². The average Bonchev–Trinajstić information content (AvgIpc) is 3.37. The van der Waals surface area contributed by atoms with Crippen LogP contribution in [0, 0.1) is 0 Å². The highest BCUT2D eigenvalue weighted by atomic mass is 31.2. The van der Waals surface area contributed by atoms with Crippen LogP contribution in [0.15, 0.2) is 85.1 Å². The molecule has 3 atom stereocenters. The Labute approximate surface area is 463 Å². The van der Waals surface area contributed by atoms with Crippen LogP contribution < -0.4 is 10.2 Å². The largest absolute Gasteiger partial charge is 0.756 e. The van der Waals surface area contributed by atoms with Gasteiger partial charge in [-0.25, -0.2) is 0 Å². The fraction of sp³-hybridized carbons (Fsp3) is 0.754. The number of unbranched alkanes of at least 4 members (excludes halogenated alkanes) is 28. The van der Waals surface area contributed by atoms with Gasteiger partial charge in [0.15, 0.2) is 0 Å². The van der Waals surface area contributed by atoms with E-state index in [0.717, 1.165) is 116 Å². The first kappa shape index (κ1) is 72.2. The summed E-state index contributed by atoms with van der Waals surface area (Å²) in [5, 5.41) is 3.02. The maximum atomic E-state index is 13.5. The number of nitrogens with one attached hydrogen (secondary N) is 1. The maximum absolute atomic E-state index is 13.5. The molecule has 0 aliphatic carbocycles. The number of quaternary nitrogens is 1. The number of carbonyl (C=O) groups excluding carboxylic acids is 2. The molecule has 0 bridgehead atoms. The van der Waals surface area contributed by atoms with Crippen molar-refractivity contribution in [3.05, 3.63) is 85.1 Å². The van der Waals surface area contributed by atoms with Crippen molar-refractivity contribution in [2.45, 2.75) is 277 Å². The fourth-order valence-electron chi connectivity index (χ4n) is 8.50. The number of amides is 1. The summed E-state index contributed by atoms with van der Waals surface area (Å²) in [5.41, 5.74) is 0. The molecule has 0 aliphatic heterocycles. The molecule has 0 aromatic rings. The van der Waals surface area contributed by atoms with Gasteiger partial charge in [-0.3, -0.25) is 14.2 Å². The smallest absolute Gasteiger partial charge is 0.306 e. The minimum atomic E-state index is -4.71. The van der Waals surface area contributed by atoms with Gasteiger partial charge in [0.2, 0.25) is 5.91 Å². The van der Waals surface area contributed by atoms with E-state index in [4.69, 9.17) is 13.8 Å². The molecular weight excluding hydrogens is 952 g/mol. The van der Waals surface area contributed by atoms with Crippen molar-refractivity contribution >= 4 is 19.7 Å². The zero-order valence-electron chi connectivity index (χ0n) is 49.5. The molecule has 434 valence electrons. The van der Waals surface area contributed by atoms with Crippen molar-refractivity contribution in [1.82, 2.24) is 5.32 Å². The predicted molar refractivity (Wildman–Crippen MR) is 321 cm³/mol. The van der Waals surface area contributed by atoms with E-state index >= 15 is 0 Å². The van der Waals surface area contributed by atoms with Crippen LogP contribution in [0.2, 0.25) is 0 Å². The number of rotatable bonds is 55. The Kier molecular flexibility index (Phi) is 52.5. The van der Waals surface area contributed by atoms with E-state index in [0.29, 0.717) is 23.9 Å². The summed E-state index contributed by atoms with van der Waals surface area (Å²) in [6, 6.07) is -0.907. The number of nitrogens with zero attached hydrogens (tertiary/aromatic N) is 1. The van der Waals surface area contributed by atoms with Gasteiger partial charge < -0.3 is 28.5 Å². The molecule has 0 saturated carbocycles. The molecule has 75 heavy (non-hydrogen) atoms. The third-order valence-corrected chi connectivity index (χ3v) is 14.3. The van der Waals surface area contributed by atoms with Gasteiger partial charge in [-0.2, -0.15) is 0 Å². The van der Waals surface area contributed by atoms with Crippen LogP contribution in [0.25, 0.3) is 0 Å². The Morgan fingerprint density at radius 1 is 0.480 bits per heavy atom. The van der Waals surface area contributed by atoms with Gasteiger partial charge in [-0.05, 0) is 102 Å². The SMILES string of the molecule is CCCCC/C=C\C/C=C\C/C=C\C/C=C\CCCCCCCC(=O)NC(COP(=O)([O-])OCC[N+](C)(C)C)C(/C=C\CCCCCCCCCCCCC)OC(=O)CCCCCCCC/C=C/C=C/CCCCC. The first-order chi connectivity index (χ1) is 36.4. The van der Waals surface area contributed by atoms with Gasteiger partial charge in [0.25, 0.3) is 7.82 Å². The number of hydrogen-bond donors (Lipinski definition) is 1. The third kappa shape index (κ3) is 55.7. The van der Waals surface area contributed by atoms with Crippen molar-refractivity contribution in [3.63, 3.8) is 0 Å². The van der Waals surface area contributed by atoms with Gasteiger partial charge in [-0.15, -0.1) is 0 Å². The molecule has 3 unspecified atom stereocenters. The van der Waals surface area contributed by atoms with E-state index in [-0.39, 0.29) is 31.3 Å². The number of hydrogen-bond acceptors (Lipinski definition) is 7. The number of allylic oxidation sites excluding steroid dienone is 13. The van der Waals surface area contributed by atoms with Crippen molar-refractivity contribution in [1.29, 1.82) is 0 Å². The van der Waals surface area contributed by atoms with Gasteiger partial charge in [0.05, 0.1) is 33.8 Å². The molecule has 0 saturated heterocycles. The van der Waals surface area contributed by atoms with Crippen molar-refractivity contribution in [3.8, 4) is 0 Å². The molecule has 0 heterocycles. The van der Waals surface area contributed by atoms with Crippen LogP contribution in [0.5, 0.6) is 0 Å². The van der Waals surface area contributed by atoms with Crippen molar-refractivity contribution in [2.75, 3.05) is 40.9 Å². The van der Waals surface area contributed by atoms with E-state index in [1.165, 1.54) is 103 Å². The second-order valence-corrected chi connectivity index (χ2v) is 23.3. The number of likely N-dealkylation sites (N-methyl/N-ethyl adjacent to an activating group) is 1. The molecule has 1 amide bonds. The number of phosphoric ester groups is 1. The second kappa shape index (κ2) is 54.5. The number of esters is 1. The summed E-state index contributed by atoms with van der Waals surface area (Å²) in [5.74, 6) is -0.576. The second-order valence-electron chi connectivity index (χ2n) is 21.9. The molecule has 1 N–H and O–H groups in total. The minimum absolute atomic E-state index is 0.0317. The average molecular weight is 1070 g/mol. The Bertz CT molecular complexity index is 1560. The van der Waals surface area contributed by atoms with E-state index in [9.17, 15) is 19.0 Å². The van der Waals surface area contributed by atoms with Crippen molar-refractivity contribution < 1.29 is 37.3 Å². The van der Waals surface area contributed by atoms with E-state index in [1.54, 1.807) is 0 Å². The Morgan fingerprint density at radius 2 is 0.853 bits per heavy atom. The summed E-state index contributed by atoms with van der Waals surface area (Å²) >= 11 is 0. The molecule has 0 aliphatic rings. The highest BCUT2D eigenvalue weighted by Gasteiger charge is 2.27. The first-order valence-corrected chi connectivity index (χ1v) is 32.4. The Balaban J connectivity index is 5.34. The monoisotopic (exact) mass is 1070 g/mol. The molecule has 0 aromatic heterocycles. The van der Waals surface area contributed by atoms with E-state index in [2.05, 4.69) is 99.0 Å². The molecule has 0 fully saturated rings. The predicted octanol–water partition coefficient (Wildman–Crippen LogP) is 18.4. The highest BCUT2D eigenvalue weighted by molar-refractivity contribution is 7.45. The molecule has 0 spiro atoms. The van der Waals surface area contributed by atoms with E-state index in [1.807, 2.05) is 33.3 Å². The van der Waals surface area contributed by atoms with Crippen LogP contribution in [0.4, 0.5) is 0 Å². The minimum Gasteiger partial charge on any atom is -0.756 e. The molecule has 0 rings (SSSR count). The molecule has 0 radical (unpaired) electrons. The summed E-state index contributed by atoms with van der Waals surface area (Å²) < 4.78 is 30.3. The third-order valence-electron chi connectivity index (χ3n) is 13.3. The quantitative estimate of drug-likeness (QED) is 0.0161. The lowest BCUT2D eigenvalue weighted by molar-refractivity contribution is -0.870. The lowest BCUT2D eigenvalue weighted by Crippen LogP contribution is -2.47. The number of ether oxygens (including phenoxy) is 1. The van der Waals surface area contributed by atoms with Gasteiger partial charge in [-0.1, -0.05) is 235 Å². The topological polar surface area (TPSA) is 114 Å². The summed E-state index contributed by atoms with van der Waals surface area (Å²) in [7, 11) is 1.16. The standard InChI is InChI=1S/C65H117N2O7P/c1-7-10-13-16-19-22-25-28-30-31-32-33-34-35-37-39-42-45-48-51-54-57-64(68)66-62(61-73-75(70,71)72-60-59-67(4,5)6)63(56-53-50-47-44-41-38-27-24-21-18-15-12-9-3)74-65(69)58-55-52-49-46-43-40-36-29-26-23-20-17-14-11-8-2/h19-20,22-23,26,28-30,32-33,35,37,53,56,62-63H,7-18,21,24-25,27,31,34,36,38-52,54-55,57-61H2,1-6H3,(H-,66,68,70,71)/b22-19-,23-20+,29-26+,30-28-,33-32-,37-35-,56-53-. The zero-order valence-corrected chi connectivity index (χ0v) is 50.4. The number of carbonyl (C=O) groups is 2. The fourth-order valence-corrected chi connectivity index (χ4v) is 9.22. The van der Waals surface area contributed by atoms with Gasteiger partial charge in [0, 0.05) is 12.8 Å². The summed E-state index contributed by atoms with van der Waals surface area (Å²) in [6.45, 7) is 6.76. The molecule has 9 nitrogen and oxygen atoms in total. The van der Waals surface area contributed by atoms with Crippen molar-refractivity contribution in [2.24, 2.45) is 0 Å². The Morgan fingerprint density at radius 3 is 1.32 bits per heavy atom. The van der Waals surface area contributed by atoms with Crippen LogP contribution in [0.3, 0.4) is 0 Å². The normalized spacial score (nSPS) is 14.3. The molecule has 0 aromatic carbocycles. The Hall–Kier alpha value is -2.81. The number of phosphoric acid groups is 1. The summed E-state index contributed by atoms with van der Waals surface area (Å²) in [4.78, 5) is 40.0. The molecule has 10 heteroatoms. The summed E-state index contributed by atoms with van der Waals surface area (Å²) in [6.07, 6.45) is 71.1. The highest BCUT2D eigenvalue weighted by Crippen LogP contribution is 2.38. The van der Waals surface area contributed by atoms with Crippen LogP contribution in [-0.4, -0.2) is 69.4 Å². The van der Waals surface area contributed by atoms with Crippen LogP contribution >= 0.6 is 7.82 Å². The van der Waals surface area contributed by atoms with Gasteiger partial charge >= 0.3 is 5.97 Å². The lowest BCUT2D eigenvalue weighted by Gasteiger charge is -2.30. The zero-order chi connectivity index (χ0) is 55.0. The maximum Gasteiger partial charge on any atom is 0.306 e. The first-order valence-electron chi connectivity index (χ1n) is 30.9. The van der Waals surface area contributed by atoms with Gasteiger partial charge in [0.1, 0.15) is 19.3 Å².